The first-order valence-electron chi connectivity index (χ1n) is 9.00. The van der Waals surface area contributed by atoms with Gasteiger partial charge in [-0.3, -0.25) is 14.2 Å². The summed E-state index contributed by atoms with van der Waals surface area (Å²) >= 11 is 0. The van der Waals surface area contributed by atoms with Crippen LogP contribution >= 0.6 is 0 Å². The summed E-state index contributed by atoms with van der Waals surface area (Å²) in [6.45, 7) is 1.73. The lowest BCUT2D eigenvalue weighted by molar-refractivity contribution is -0.126. The van der Waals surface area contributed by atoms with E-state index in [1.807, 2.05) is 42.6 Å². The molecule has 2 aromatic heterocycles. The van der Waals surface area contributed by atoms with Crippen molar-refractivity contribution in [1.82, 2.24) is 19.9 Å². The summed E-state index contributed by atoms with van der Waals surface area (Å²) in [7, 11) is 0. The highest BCUT2D eigenvalue weighted by atomic mass is 16.2. The number of carbonyl (C=O) groups excluding carboxylic acids is 1. The zero-order valence-electron chi connectivity index (χ0n) is 14.8. The van der Waals surface area contributed by atoms with Gasteiger partial charge in [-0.15, -0.1) is 0 Å². The van der Waals surface area contributed by atoms with Crippen molar-refractivity contribution in [2.75, 3.05) is 0 Å². The number of fused-ring (bicyclic) bond motifs is 3. The van der Waals surface area contributed by atoms with Crippen molar-refractivity contribution in [3.05, 3.63) is 76.5 Å². The molecule has 0 saturated carbocycles. The molecule has 6 heteroatoms. The van der Waals surface area contributed by atoms with E-state index in [2.05, 4.69) is 16.4 Å². The Labute approximate surface area is 154 Å². The monoisotopic (exact) mass is 358 g/mol. The van der Waals surface area contributed by atoms with Crippen LogP contribution in [-0.4, -0.2) is 20.4 Å². The van der Waals surface area contributed by atoms with Crippen LogP contribution in [0.1, 0.15) is 30.4 Å². The smallest absolute Gasteiger partial charge is 0.262 e. The minimum absolute atomic E-state index is 0.161. The number of benzene rings is 2. The molecule has 4 aromatic rings. The first-order chi connectivity index (χ1) is 13.1. The maximum absolute atomic E-state index is 13.0. The number of hydrogen-bond acceptors (Lipinski definition) is 3. The molecule has 0 aliphatic carbocycles. The van der Waals surface area contributed by atoms with Gasteiger partial charge in [-0.1, -0.05) is 30.3 Å². The fourth-order valence-electron chi connectivity index (χ4n) is 3.92. The maximum atomic E-state index is 13.0. The minimum atomic E-state index is -0.580. The van der Waals surface area contributed by atoms with E-state index >= 15 is 0 Å². The molecule has 6 nitrogen and oxygen atoms in total. The molecule has 3 heterocycles. The summed E-state index contributed by atoms with van der Waals surface area (Å²) in [6.07, 6.45) is 2.52. The number of carbonyl (C=O) groups is 1. The van der Waals surface area contributed by atoms with Crippen LogP contribution in [0.4, 0.5) is 0 Å². The molecule has 5 rings (SSSR count). The number of aromatic nitrogens is 3. The molecule has 2 aromatic carbocycles. The van der Waals surface area contributed by atoms with Gasteiger partial charge in [-0.2, -0.15) is 0 Å². The van der Waals surface area contributed by atoms with Crippen LogP contribution in [-0.2, 0) is 11.2 Å². The molecule has 2 atom stereocenters. The molecule has 0 bridgehead atoms. The van der Waals surface area contributed by atoms with E-state index in [0.717, 1.165) is 16.5 Å². The van der Waals surface area contributed by atoms with Crippen molar-refractivity contribution in [2.45, 2.75) is 25.4 Å². The molecule has 1 aliphatic heterocycles. The van der Waals surface area contributed by atoms with E-state index in [9.17, 15) is 9.59 Å². The van der Waals surface area contributed by atoms with Gasteiger partial charge in [0.1, 0.15) is 11.9 Å². The van der Waals surface area contributed by atoms with Crippen molar-refractivity contribution in [2.24, 2.45) is 0 Å². The Balaban J connectivity index is 1.68. The van der Waals surface area contributed by atoms with Crippen LogP contribution in [0, 0.1) is 0 Å². The Hall–Kier alpha value is -3.41. The Morgan fingerprint density at radius 3 is 2.63 bits per heavy atom. The standard InChI is InChI=1S/C21H18N4O2/c1-12-20(26)24-18(10-13-11-22-16-8-4-2-6-14(13)16)19-23-17-9-5-3-7-15(17)21(27)25(12)19/h2-9,11-12,18,22H,10H2,1H3,(H,24,26)/t12-,18+/m0/s1. The average Bonchev–Trinajstić information content (AvgIpc) is 3.09. The average molecular weight is 358 g/mol. The van der Waals surface area contributed by atoms with Gasteiger partial charge >= 0.3 is 0 Å². The maximum Gasteiger partial charge on any atom is 0.262 e. The number of hydrogen-bond donors (Lipinski definition) is 2. The second-order valence-corrected chi connectivity index (χ2v) is 6.96. The number of rotatable bonds is 2. The summed E-state index contributed by atoms with van der Waals surface area (Å²) in [4.78, 5) is 33.6. The van der Waals surface area contributed by atoms with Crippen molar-refractivity contribution in [3.8, 4) is 0 Å². The number of aromatic amines is 1. The van der Waals surface area contributed by atoms with Gasteiger partial charge in [-0.25, -0.2) is 4.98 Å². The lowest BCUT2D eigenvalue weighted by atomic mass is 10.0. The topological polar surface area (TPSA) is 79.8 Å². The number of nitrogens with one attached hydrogen (secondary N) is 2. The fourth-order valence-corrected chi connectivity index (χ4v) is 3.92. The normalized spacial score (nSPS) is 19.2. The zero-order valence-corrected chi connectivity index (χ0v) is 14.8. The minimum Gasteiger partial charge on any atom is -0.361 e. The van der Waals surface area contributed by atoms with Gasteiger partial charge in [-0.05, 0) is 30.7 Å². The fraction of sp³-hybridized carbons (Fsp3) is 0.190. The Bertz CT molecular complexity index is 1250. The highest BCUT2D eigenvalue weighted by molar-refractivity contribution is 5.85. The van der Waals surface area contributed by atoms with Gasteiger partial charge in [0.15, 0.2) is 0 Å². The van der Waals surface area contributed by atoms with Crippen LogP contribution in [0.15, 0.2) is 59.5 Å². The van der Waals surface area contributed by atoms with Crippen LogP contribution in [0.5, 0.6) is 0 Å². The van der Waals surface area contributed by atoms with E-state index < -0.39 is 6.04 Å². The number of para-hydroxylation sites is 2. The van der Waals surface area contributed by atoms with Crippen molar-refractivity contribution < 1.29 is 4.79 Å². The lowest BCUT2D eigenvalue weighted by Gasteiger charge is -2.31. The number of nitrogens with zero attached hydrogens (tertiary/aromatic N) is 2. The summed E-state index contributed by atoms with van der Waals surface area (Å²) in [6, 6.07) is 14.4. The van der Waals surface area contributed by atoms with Crippen molar-refractivity contribution >= 4 is 27.7 Å². The third-order valence-corrected chi connectivity index (χ3v) is 5.33. The Morgan fingerprint density at radius 1 is 1.04 bits per heavy atom. The third-order valence-electron chi connectivity index (χ3n) is 5.33. The Kier molecular flexibility index (Phi) is 3.40. The van der Waals surface area contributed by atoms with Crippen LogP contribution in [0.3, 0.4) is 0 Å². The molecule has 134 valence electrons. The van der Waals surface area contributed by atoms with Crippen LogP contribution in [0.25, 0.3) is 21.8 Å². The lowest BCUT2D eigenvalue weighted by Crippen LogP contribution is -2.47. The second-order valence-electron chi connectivity index (χ2n) is 6.96. The molecule has 0 spiro atoms. The van der Waals surface area contributed by atoms with Crippen molar-refractivity contribution in [1.29, 1.82) is 0 Å². The van der Waals surface area contributed by atoms with Gasteiger partial charge in [0.25, 0.3) is 5.56 Å². The summed E-state index contributed by atoms with van der Waals surface area (Å²) in [5, 5.41) is 4.69. The van der Waals surface area contributed by atoms with Crippen LogP contribution in [0.2, 0.25) is 0 Å². The summed E-state index contributed by atoms with van der Waals surface area (Å²) in [5.41, 5.74) is 2.62. The van der Waals surface area contributed by atoms with Crippen LogP contribution < -0.4 is 10.9 Å². The molecule has 1 amide bonds. The molecule has 0 saturated heterocycles. The summed E-state index contributed by atoms with van der Waals surface area (Å²) < 4.78 is 1.54. The Morgan fingerprint density at radius 2 is 1.78 bits per heavy atom. The van der Waals surface area contributed by atoms with Gasteiger partial charge in [0.05, 0.1) is 16.9 Å². The quantitative estimate of drug-likeness (QED) is 0.578. The molecule has 0 radical (unpaired) electrons. The van der Waals surface area contributed by atoms with Gasteiger partial charge in [0, 0.05) is 23.5 Å². The third kappa shape index (κ3) is 2.37. The number of H-pyrrole nitrogens is 1. The predicted octanol–water partition coefficient (Wildman–Crippen LogP) is 2.85. The summed E-state index contributed by atoms with van der Waals surface area (Å²) in [5.74, 6) is 0.447. The van der Waals surface area contributed by atoms with E-state index in [1.54, 1.807) is 17.6 Å². The van der Waals surface area contributed by atoms with Crippen molar-refractivity contribution in [3.63, 3.8) is 0 Å². The van der Waals surface area contributed by atoms with E-state index in [0.29, 0.717) is 23.1 Å². The largest absolute Gasteiger partial charge is 0.361 e. The molecule has 2 N–H and O–H groups in total. The molecular weight excluding hydrogens is 340 g/mol. The van der Waals surface area contributed by atoms with E-state index in [1.165, 1.54) is 0 Å². The zero-order chi connectivity index (χ0) is 18.5. The molecule has 27 heavy (non-hydrogen) atoms. The first-order valence-corrected chi connectivity index (χ1v) is 9.00. The highest BCUT2D eigenvalue weighted by Crippen LogP contribution is 2.28. The highest BCUT2D eigenvalue weighted by Gasteiger charge is 2.33. The SMILES string of the molecule is C[C@H]1C(=O)N[C@H](Cc2c[nH]c3ccccc23)c2nc3ccccc3c(=O)n21. The molecule has 0 fully saturated rings. The van der Waals surface area contributed by atoms with Gasteiger partial charge < -0.3 is 10.3 Å². The number of amides is 1. The van der Waals surface area contributed by atoms with Gasteiger partial charge in [0.2, 0.25) is 5.91 Å². The van der Waals surface area contributed by atoms with E-state index in [-0.39, 0.29) is 17.5 Å². The second kappa shape index (κ2) is 5.81. The first kappa shape index (κ1) is 15.8. The molecule has 0 unspecified atom stereocenters. The molecular formula is C21H18N4O2. The predicted molar refractivity (Wildman–Crippen MR) is 104 cm³/mol. The molecule has 1 aliphatic rings. The van der Waals surface area contributed by atoms with E-state index in [4.69, 9.17) is 4.98 Å².